The van der Waals surface area contributed by atoms with Gasteiger partial charge in [0, 0.05) is 63.0 Å². The van der Waals surface area contributed by atoms with Crippen molar-refractivity contribution in [1.29, 1.82) is 0 Å². The molecule has 0 spiro atoms. The van der Waals surface area contributed by atoms with Gasteiger partial charge in [0.25, 0.3) is 0 Å². The molecule has 32 heavy (non-hydrogen) atoms. The first-order chi connectivity index (χ1) is 14.9. The summed E-state index contributed by atoms with van der Waals surface area (Å²) < 4.78 is 32.8. The monoisotopic (exact) mass is 561 g/mol. The Morgan fingerprint density at radius 2 is 1.94 bits per heavy atom. The predicted molar refractivity (Wildman–Crippen MR) is 134 cm³/mol. The van der Waals surface area contributed by atoms with Crippen LogP contribution in [0.5, 0.6) is 0 Å². The maximum Gasteiger partial charge on any atom is 0.193 e. The molecule has 0 saturated carbocycles. The Morgan fingerprint density at radius 3 is 2.50 bits per heavy atom. The number of benzene rings is 1. The molecule has 0 amide bonds. The lowest BCUT2D eigenvalue weighted by atomic mass is 10.0. The van der Waals surface area contributed by atoms with Gasteiger partial charge in [0.15, 0.2) is 5.96 Å². The highest BCUT2D eigenvalue weighted by molar-refractivity contribution is 14.0. The molecule has 178 valence electrons. The largest absolute Gasteiger partial charge is 0.361 e. The second-order valence-electron chi connectivity index (χ2n) is 7.99. The molecule has 1 fully saturated rings. The number of hydrogen-bond acceptors (Lipinski definition) is 4. The average molecular weight is 561 g/mol. The van der Waals surface area contributed by atoms with Crippen LogP contribution in [0.15, 0.2) is 27.7 Å². The summed E-state index contributed by atoms with van der Waals surface area (Å²) in [5.74, 6) is 0.774. The van der Waals surface area contributed by atoms with Gasteiger partial charge in [0.2, 0.25) is 0 Å². The minimum absolute atomic E-state index is 0. The maximum atomic E-state index is 14.3. The number of guanidine groups is 1. The van der Waals surface area contributed by atoms with Crippen molar-refractivity contribution in [1.82, 2.24) is 20.3 Å². The van der Waals surface area contributed by atoms with Crippen molar-refractivity contribution >= 4 is 29.9 Å². The Hall–Kier alpha value is -1.75. The van der Waals surface area contributed by atoms with Crippen LogP contribution in [0.25, 0.3) is 0 Å². The molecule has 1 aromatic heterocycles. The topological polar surface area (TPSA) is 56.9 Å². The number of hydrogen-bond donors (Lipinski definition) is 1. The van der Waals surface area contributed by atoms with Crippen LogP contribution in [-0.4, -0.2) is 60.7 Å². The van der Waals surface area contributed by atoms with E-state index in [-0.39, 0.29) is 30.0 Å². The fraction of sp³-hybridized carbons (Fsp3) is 0.565. The van der Waals surface area contributed by atoms with Gasteiger partial charge in [-0.3, -0.25) is 9.89 Å². The lowest BCUT2D eigenvalue weighted by molar-refractivity contribution is 0.124. The molecule has 1 atom stereocenters. The fourth-order valence-electron chi connectivity index (χ4n) is 4.35. The molecule has 3 rings (SSSR count). The van der Waals surface area contributed by atoms with Crippen molar-refractivity contribution in [3.8, 4) is 0 Å². The van der Waals surface area contributed by atoms with Crippen LogP contribution in [0.2, 0.25) is 0 Å². The smallest absolute Gasteiger partial charge is 0.193 e. The standard InChI is InChI=1S/C23H33F2N5O.HI/c1-5-22(20-9-8-18(24)15-21(20)25)29-11-13-30(14-12-29)23(26-4)27-10-6-7-19-16(2)28-31-17(19)3;/h8-9,15,22H,5-7,10-14H2,1-4H3,(H,26,27);1H. The van der Waals surface area contributed by atoms with E-state index in [9.17, 15) is 8.78 Å². The molecule has 1 unspecified atom stereocenters. The summed E-state index contributed by atoms with van der Waals surface area (Å²) in [4.78, 5) is 8.95. The van der Waals surface area contributed by atoms with Crippen LogP contribution < -0.4 is 5.32 Å². The first-order valence-corrected chi connectivity index (χ1v) is 11.0. The van der Waals surface area contributed by atoms with Crippen LogP contribution in [0.1, 0.15) is 48.4 Å². The summed E-state index contributed by atoms with van der Waals surface area (Å²) >= 11 is 0. The fourth-order valence-corrected chi connectivity index (χ4v) is 4.35. The minimum atomic E-state index is -0.537. The van der Waals surface area contributed by atoms with E-state index in [0.29, 0.717) is 5.56 Å². The van der Waals surface area contributed by atoms with Crippen molar-refractivity contribution in [3.05, 3.63) is 52.4 Å². The Morgan fingerprint density at radius 1 is 1.22 bits per heavy atom. The molecular formula is C23H34F2IN5O. The van der Waals surface area contributed by atoms with Gasteiger partial charge >= 0.3 is 0 Å². The van der Waals surface area contributed by atoms with E-state index >= 15 is 0 Å². The van der Waals surface area contributed by atoms with E-state index < -0.39 is 11.6 Å². The van der Waals surface area contributed by atoms with Gasteiger partial charge in [0.1, 0.15) is 17.4 Å². The predicted octanol–water partition coefficient (Wildman–Crippen LogP) is 4.46. The highest BCUT2D eigenvalue weighted by Crippen LogP contribution is 2.28. The van der Waals surface area contributed by atoms with Crippen molar-refractivity contribution in [2.75, 3.05) is 39.8 Å². The van der Waals surface area contributed by atoms with Gasteiger partial charge in [-0.1, -0.05) is 18.1 Å². The number of rotatable bonds is 7. The van der Waals surface area contributed by atoms with E-state index in [1.165, 1.54) is 11.6 Å². The Bertz CT molecular complexity index is 877. The molecule has 1 N–H and O–H groups in total. The highest BCUT2D eigenvalue weighted by atomic mass is 127. The summed E-state index contributed by atoms with van der Waals surface area (Å²) in [6.07, 6.45) is 2.65. The second-order valence-corrected chi connectivity index (χ2v) is 7.99. The number of nitrogens with zero attached hydrogens (tertiary/aromatic N) is 4. The Labute approximate surface area is 206 Å². The average Bonchev–Trinajstić information content (AvgIpc) is 3.08. The van der Waals surface area contributed by atoms with Gasteiger partial charge < -0.3 is 14.7 Å². The summed E-state index contributed by atoms with van der Waals surface area (Å²) in [5.41, 5.74) is 2.71. The summed E-state index contributed by atoms with van der Waals surface area (Å²) in [5, 5.41) is 7.46. The molecule has 2 aromatic rings. The Balaban J connectivity index is 0.00000363. The van der Waals surface area contributed by atoms with Crippen LogP contribution in [0.3, 0.4) is 0 Å². The number of aryl methyl sites for hydroxylation is 2. The molecule has 1 aliphatic rings. The second kappa shape index (κ2) is 12.5. The van der Waals surface area contributed by atoms with Crippen molar-refractivity contribution < 1.29 is 13.3 Å². The molecule has 1 aromatic carbocycles. The highest BCUT2D eigenvalue weighted by Gasteiger charge is 2.27. The molecule has 1 saturated heterocycles. The van der Waals surface area contributed by atoms with Gasteiger partial charge in [0.05, 0.1) is 5.69 Å². The number of aromatic nitrogens is 1. The lowest BCUT2D eigenvalue weighted by Gasteiger charge is -2.40. The molecule has 1 aliphatic heterocycles. The molecule has 0 aliphatic carbocycles. The molecule has 2 heterocycles. The van der Waals surface area contributed by atoms with Gasteiger partial charge in [-0.2, -0.15) is 0 Å². The quantitative estimate of drug-likeness (QED) is 0.234. The van der Waals surface area contributed by atoms with Crippen LogP contribution in [-0.2, 0) is 6.42 Å². The third-order valence-electron chi connectivity index (χ3n) is 6.04. The minimum Gasteiger partial charge on any atom is -0.361 e. The van der Waals surface area contributed by atoms with E-state index in [2.05, 4.69) is 25.3 Å². The number of nitrogens with one attached hydrogen (secondary N) is 1. The normalized spacial score (nSPS) is 16.1. The zero-order valence-corrected chi connectivity index (χ0v) is 21.7. The lowest BCUT2D eigenvalue weighted by Crippen LogP contribution is -2.53. The molecule has 0 radical (unpaired) electrons. The zero-order chi connectivity index (χ0) is 22.4. The third kappa shape index (κ3) is 6.40. The first kappa shape index (κ1) is 26.5. The van der Waals surface area contributed by atoms with Crippen LogP contribution in [0, 0.1) is 25.5 Å². The molecule has 0 bridgehead atoms. The maximum absolute atomic E-state index is 14.3. The van der Waals surface area contributed by atoms with E-state index in [0.717, 1.165) is 75.5 Å². The number of piperazine rings is 1. The summed E-state index contributed by atoms with van der Waals surface area (Å²) in [7, 11) is 1.80. The number of aliphatic imine (C=N–C) groups is 1. The first-order valence-electron chi connectivity index (χ1n) is 11.0. The van der Waals surface area contributed by atoms with Crippen molar-refractivity contribution in [2.24, 2.45) is 4.99 Å². The third-order valence-corrected chi connectivity index (χ3v) is 6.04. The van der Waals surface area contributed by atoms with Gasteiger partial charge in [-0.25, -0.2) is 8.78 Å². The molecule has 9 heteroatoms. The van der Waals surface area contributed by atoms with Crippen molar-refractivity contribution in [2.45, 2.75) is 46.1 Å². The zero-order valence-electron chi connectivity index (χ0n) is 19.3. The van der Waals surface area contributed by atoms with Crippen LogP contribution >= 0.6 is 24.0 Å². The molecular weight excluding hydrogens is 527 g/mol. The van der Waals surface area contributed by atoms with E-state index in [4.69, 9.17) is 4.52 Å². The Kier molecular flexibility index (Phi) is 10.3. The number of halogens is 3. The summed E-state index contributed by atoms with van der Waals surface area (Å²) in [6.45, 7) is 9.99. The van der Waals surface area contributed by atoms with E-state index in [1.807, 2.05) is 20.8 Å². The SMILES string of the molecule is CCC(c1ccc(F)cc1F)N1CCN(C(=NC)NCCCc2c(C)noc2C)CC1.I. The van der Waals surface area contributed by atoms with E-state index in [1.54, 1.807) is 13.1 Å². The van der Waals surface area contributed by atoms with Gasteiger partial charge in [-0.05, 0) is 39.2 Å². The summed E-state index contributed by atoms with van der Waals surface area (Å²) in [6, 6.07) is 3.84. The van der Waals surface area contributed by atoms with Crippen LogP contribution in [0.4, 0.5) is 8.78 Å². The van der Waals surface area contributed by atoms with Gasteiger partial charge in [-0.15, -0.1) is 24.0 Å². The molecule has 6 nitrogen and oxygen atoms in total. The van der Waals surface area contributed by atoms with Crippen molar-refractivity contribution in [3.63, 3.8) is 0 Å².